The van der Waals surface area contributed by atoms with Gasteiger partial charge in [-0.1, -0.05) is 30.0 Å². The molecule has 1 nitrogen and oxygen atoms in total. The van der Waals surface area contributed by atoms with Gasteiger partial charge in [0.15, 0.2) is 0 Å². The van der Waals surface area contributed by atoms with Crippen LogP contribution in [0.15, 0.2) is 59.5 Å². The van der Waals surface area contributed by atoms with Gasteiger partial charge in [0.25, 0.3) is 0 Å². The van der Waals surface area contributed by atoms with Crippen molar-refractivity contribution >= 4 is 11.8 Å². The molecule has 0 aromatic heterocycles. The summed E-state index contributed by atoms with van der Waals surface area (Å²) >= 11 is 1.16. The molecule has 0 aliphatic heterocycles. The Balaban J connectivity index is 2.15. The Hall–Kier alpha value is -2.16. The van der Waals surface area contributed by atoms with Crippen LogP contribution in [0.1, 0.15) is 11.1 Å². The monoisotopic (exact) mass is 235 g/mol. The molecule has 2 aromatic carbocycles. The number of benzene rings is 2. The second kappa shape index (κ2) is 5.80. The molecule has 0 bridgehead atoms. The minimum absolute atomic E-state index is 0.942. The molecule has 0 saturated heterocycles. The van der Waals surface area contributed by atoms with Crippen molar-refractivity contribution in [2.45, 2.75) is 4.90 Å². The van der Waals surface area contributed by atoms with Crippen LogP contribution in [0, 0.1) is 22.5 Å². The Bertz CT molecular complexity index is 583. The molecule has 17 heavy (non-hydrogen) atoms. The van der Waals surface area contributed by atoms with E-state index in [1.807, 2.05) is 60.0 Å². The molecule has 2 heteroatoms. The van der Waals surface area contributed by atoms with Gasteiger partial charge in [-0.2, -0.15) is 5.26 Å². The lowest BCUT2D eigenvalue weighted by atomic mass is 10.2. The molecule has 0 N–H and O–H groups in total. The van der Waals surface area contributed by atoms with Gasteiger partial charge in [0.05, 0.1) is 0 Å². The van der Waals surface area contributed by atoms with Gasteiger partial charge in [0.1, 0.15) is 5.40 Å². The summed E-state index contributed by atoms with van der Waals surface area (Å²) < 4.78 is 0. The maximum Gasteiger partial charge on any atom is 0.138 e. The molecule has 0 amide bonds. The molecule has 0 fully saturated rings. The molecular weight excluding hydrogens is 226 g/mol. The first-order chi connectivity index (χ1) is 8.38. The summed E-state index contributed by atoms with van der Waals surface area (Å²) in [4.78, 5) is 0.942. The summed E-state index contributed by atoms with van der Waals surface area (Å²) in [5.74, 6) is 6.18. The lowest BCUT2D eigenvalue weighted by molar-refractivity contribution is 1.45. The highest BCUT2D eigenvalue weighted by atomic mass is 32.2. The molecule has 2 aromatic rings. The SMILES string of the molecule is N#CSc1ccc(C#Cc2ccccc2)cc1. The molecule has 0 heterocycles. The van der Waals surface area contributed by atoms with Crippen LogP contribution in [0.4, 0.5) is 0 Å². The average Bonchev–Trinajstić information content (AvgIpc) is 2.40. The van der Waals surface area contributed by atoms with Crippen molar-refractivity contribution in [3.8, 4) is 17.2 Å². The number of rotatable bonds is 1. The van der Waals surface area contributed by atoms with Crippen LogP contribution in [-0.2, 0) is 0 Å². The maximum atomic E-state index is 8.53. The lowest BCUT2D eigenvalue weighted by Gasteiger charge is -1.93. The standard InChI is InChI=1S/C15H9NS/c16-12-17-15-10-8-14(9-11-15)7-6-13-4-2-1-3-5-13/h1-5,8-11H. The van der Waals surface area contributed by atoms with E-state index >= 15 is 0 Å². The summed E-state index contributed by atoms with van der Waals surface area (Å²) in [6.45, 7) is 0. The number of nitrogens with zero attached hydrogens (tertiary/aromatic N) is 1. The van der Waals surface area contributed by atoms with E-state index in [4.69, 9.17) is 5.26 Å². The molecule has 80 valence electrons. The first-order valence-corrected chi connectivity index (χ1v) is 5.93. The van der Waals surface area contributed by atoms with Gasteiger partial charge in [-0.25, -0.2) is 0 Å². The van der Waals surface area contributed by atoms with Gasteiger partial charge < -0.3 is 0 Å². The van der Waals surface area contributed by atoms with Gasteiger partial charge in [0, 0.05) is 16.0 Å². The summed E-state index contributed by atoms with van der Waals surface area (Å²) in [5.41, 5.74) is 1.96. The van der Waals surface area contributed by atoms with E-state index in [1.165, 1.54) is 0 Å². The second-order valence-electron chi connectivity index (χ2n) is 3.33. The summed E-state index contributed by atoms with van der Waals surface area (Å²) in [6.07, 6.45) is 0. The van der Waals surface area contributed by atoms with E-state index in [2.05, 4.69) is 11.8 Å². The van der Waals surface area contributed by atoms with Crippen molar-refractivity contribution in [2.24, 2.45) is 0 Å². The van der Waals surface area contributed by atoms with Crippen LogP contribution in [0.3, 0.4) is 0 Å². The predicted molar refractivity (Wildman–Crippen MR) is 70.3 cm³/mol. The van der Waals surface area contributed by atoms with Crippen molar-refractivity contribution in [1.29, 1.82) is 5.26 Å². The number of thioether (sulfide) groups is 1. The van der Waals surface area contributed by atoms with Gasteiger partial charge in [-0.05, 0) is 48.2 Å². The molecule has 0 unspecified atom stereocenters. The van der Waals surface area contributed by atoms with Gasteiger partial charge in [0.2, 0.25) is 0 Å². The highest BCUT2D eigenvalue weighted by Crippen LogP contribution is 2.16. The van der Waals surface area contributed by atoms with Crippen LogP contribution in [0.5, 0.6) is 0 Å². The fraction of sp³-hybridized carbons (Fsp3) is 0. The van der Waals surface area contributed by atoms with E-state index in [-0.39, 0.29) is 0 Å². The highest BCUT2D eigenvalue weighted by molar-refractivity contribution is 8.03. The van der Waals surface area contributed by atoms with Gasteiger partial charge >= 0.3 is 0 Å². The second-order valence-corrected chi connectivity index (χ2v) is 4.19. The first-order valence-electron chi connectivity index (χ1n) is 5.11. The summed E-state index contributed by atoms with van der Waals surface area (Å²) in [7, 11) is 0. The van der Waals surface area contributed by atoms with Crippen molar-refractivity contribution < 1.29 is 0 Å². The third kappa shape index (κ3) is 3.41. The molecule has 0 spiro atoms. The smallest absolute Gasteiger partial charge is 0.138 e. The van der Waals surface area contributed by atoms with Crippen molar-refractivity contribution in [2.75, 3.05) is 0 Å². The molecule has 0 saturated carbocycles. The largest absolute Gasteiger partial charge is 0.185 e. The minimum atomic E-state index is 0.942. The number of thiocyanates is 1. The zero-order chi connectivity index (χ0) is 11.9. The molecule has 2 rings (SSSR count). The zero-order valence-electron chi connectivity index (χ0n) is 9.05. The van der Waals surface area contributed by atoms with Crippen LogP contribution >= 0.6 is 11.8 Å². The number of hydrogen-bond acceptors (Lipinski definition) is 2. The van der Waals surface area contributed by atoms with E-state index in [1.54, 1.807) is 0 Å². The predicted octanol–water partition coefficient (Wildman–Crippen LogP) is 3.66. The number of hydrogen-bond donors (Lipinski definition) is 0. The molecular formula is C15H9NS. The Kier molecular flexibility index (Phi) is 3.86. The van der Waals surface area contributed by atoms with E-state index in [0.29, 0.717) is 0 Å². The van der Waals surface area contributed by atoms with E-state index < -0.39 is 0 Å². The minimum Gasteiger partial charge on any atom is -0.185 e. The normalized spacial score (nSPS) is 8.88. The average molecular weight is 235 g/mol. The van der Waals surface area contributed by atoms with Crippen LogP contribution in [0.2, 0.25) is 0 Å². The maximum absolute atomic E-state index is 8.53. The molecule has 0 atom stereocenters. The summed E-state index contributed by atoms with van der Waals surface area (Å²) in [6, 6.07) is 17.5. The van der Waals surface area contributed by atoms with Crippen LogP contribution in [-0.4, -0.2) is 0 Å². The van der Waals surface area contributed by atoms with Crippen molar-refractivity contribution in [3.05, 3.63) is 65.7 Å². The Labute approximate surface area is 105 Å². The Morgan fingerprint density at radius 3 is 1.94 bits per heavy atom. The fourth-order valence-electron chi connectivity index (χ4n) is 1.32. The molecule has 0 aliphatic rings. The third-order valence-electron chi connectivity index (χ3n) is 2.14. The van der Waals surface area contributed by atoms with Gasteiger partial charge in [-0.15, -0.1) is 0 Å². The third-order valence-corrected chi connectivity index (χ3v) is 2.74. The highest BCUT2D eigenvalue weighted by Gasteiger charge is 1.91. The Morgan fingerprint density at radius 1 is 0.765 bits per heavy atom. The molecule has 0 aliphatic carbocycles. The van der Waals surface area contributed by atoms with Crippen molar-refractivity contribution in [3.63, 3.8) is 0 Å². The zero-order valence-corrected chi connectivity index (χ0v) is 9.87. The first kappa shape index (κ1) is 11.3. The molecule has 0 radical (unpaired) electrons. The fourth-order valence-corrected chi connectivity index (χ4v) is 1.70. The van der Waals surface area contributed by atoms with Gasteiger partial charge in [-0.3, -0.25) is 0 Å². The quantitative estimate of drug-likeness (QED) is 0.428. The van der Waals surface area contributed by atoms with Crippen molar-refractivity contribution in [1.82, 2.24) is 0 Å². The topological polar surface area (TPSA) is 23.8 Å². The Morgan fingerprint density at radius 2 is 1.35 bits per heavy atom. The van der Waals surface area contributed by atoms with Crippen LogP contribution in [0.25, 0.3) is 0 Å². The lowest BCUT2D eigenvalue weighted by Crippen LogP contribution is -1.76. The summed E-state index contributed by atoms with van der Waals surface area (Å²) in [5, 5.41) is 10.6. The van der Waals surface area contributed by atoms with Crippen LogP contribution < -0.4 is 0 Å². The van der Waals surface area contributed by atoms with E-state index in [9.17, 15) is 0 Å². The van der Waals surface area contributed by atoms with E-state index in [0.717, 1.165) is 27.8 Å². The number of nitriles is 1.